The van der Waals surface area contributed by atoms with Gasteiger partial charge in [0.2, 0.25) is 10.0 Å². The van der Waals surface area contributed by atoms with Crippen LogP contribution in [-0.4, -0.2) is 46.0 Å². The first-order valence-corrected chi connectivity index (χ1v) is 11.1. The van der Waals surface area contributed by atoms with Gasteiger partial charge in [-0.2, -0.15) is 4.72 Å². The topological polar surface area (TPSA) is 128 Å². The number of hydrogen-bond acceptors (Lipinski definition) is 8. The van der Waals surface area contributed by atoms with Crippen LogP contribution in [0.15, 0.2) is 35.2 Å². The number of benzene rings is 1. The number of thiophene rings is 1. The van der Waals surface area contributed by atoms with E-state index in [9.17, 15) is 22.8 Å². The number of amides is 1. The van der Waals surface area contributed by atoms with E-state index >= 15 is 0 Å². The molecule has 0 saturated carbocycles. The van der Waals surface area contributed by atoms with Crippen molar-refractivity contribution in [2.24, 2.45) is 0 Å². The minimum Gasteiger partial charge on any atom is -0.465 e. The summed E-state index contributed by atoms with van der Waals surface area (Å²) in [6.07, 6.45) is 0. The number of rotatable bonds is 8. The summed E-state index contributed by atoms with van der Waals surface area (Å²) in [5, 5.41) is 2.81. The molecule has 30 heavy (non-hydrogen) atoms. The SMILES string of the molecule is COC(=O)c1c(NC(=O)COC(=O)C(C)NS(=O)(=O)c2ccccc2)sc(C)c1C. The third kappa shape index (κ3) is 5.65. The summed E-state index contributed by atoms with van der Waals surface area (Å²) >= 11 is 1.19. The molecule has 2 aromatic rings. The average molecular weight is 455 g/mol. The first kappa shape index (κ1) is 23.5. The van der Waals surface area contributed by atoms with Gasteiger partial charge in [0.1, 0.15) is 11.0 Å². The van der Waals surface area contributed by atoms with Crippen molar-refractivity contribution in [3.05, 3.63) is 46.3 Å². The van der Waals surface area contributed by atoms with Gasteiger partial charge in [0.15, 0.2) is 6.61 Å². The quantitative estimate of drug-likeness (QED) is 0.584. The maximum absolute atomic E-state index is 12.2. The first-order valence-electron chi connectivity index (χ1n) is 8.79. The molecule has 1 heterocycles. The van der Waals surface area contributed by atoms with Gasteiger partial charge in [-0.15, -0.1) is 11.3 Å². The predicted octanol–water partition coefficient (Wildman–Crippen LogP) is 2.00. The number of esters is 2. The molecule has 0 aliphatic rings. The molecule has 1 unspecified atom stereocenters. The van der Waals surface area contributed by atoms with Crippen LogP contribution in [0.2, 0.25) is 0 Å². The van der Waals surface area contributed by atoms with E-state index in [2.05, 4.69) is 10.0 Å². The molecule has 2 N–H and O–H groups in total. The Kier molecular flexibility index (Phi) is 7.71. The third-order valence-corrected chi connectivity index (χ3v) is 6.79. The van der Waals surface area contributed by atoms with Crippen molar-refractivity contribution in [3.8, 4) is 0 Å². The van der Waals surface area contributed by atoms with Crippen LogP contribution in [0, 0.1) is 13.8 Å². The summed E-state index contributed by atoms with van der Waals surface area (Å²) in [6.45, 7) is 4.19. The standard InChI is InChI=1S/C19H22N2O7S2/c1-11-13(3)29-17(16(11)19(24)27-4)20-15(22)10-28-18(23)12(2)21-30(25,26)14-8-6-5-7-9-14/h5-9,12,21H,10H2,1-4H3,(H,20,22). The number of hydrogen-bond donors (Lipinski definition) is 2. The van der Waals surface area contributed by atoms with E-state index in [4.69, 9.17) is 9.47 Å². The molecule has 1 aromatic carbocycles. The highest BCUT2D eigenvalue weighted by Gasteiger charge is 2.25. The molecule has 162 valence electrons. The number of ether oxygens (including phenoxy) is 2. The van der Waals surface area contributed by atoms with Gasteiger partial charge in [0.25, 0.3) is 5.91 Å². The molecule has 0 saturated heterocycles. The number of methoxy groups -OCH3 is 1. The lowest BCUT2D eigenvalue weighted by Crippen LogP contribution is -2.40. The first-order chi connectivity index (χ1) is 14.1. The molecule has 2 rings (SSSR count). The van der Waals surface area contributed by atoms with E-state index in [1.165, 1.54) is 37.5 Å². The number of nitrogens with one attached hydrogen (secondary N) is 2. The molecule has 1 aromatic heterocycles. The van der Waals surface area contributed by atoms with E-state index in [0.29, 0.717) is 5.56 Å². The highest BCUT2D eigenvalue weighted by molar-refractivity contribution is 7.89. The van der Waals surface area contributed by atoms with Crippen LogP contribution >= 0.6 is 11.3 Å². The zero-order valence-electron chi connectivity index (χ0n) is 16.8. The van der Waals surface area contributed by atoms with Crippen LogP contribution in [0.4, 0.5) is 5.00 Å². The fourth-order valence-electron chi connectivity index (χ4n) is 2.44. The molecular weight excluding hydrogens is 432 g/mol. The fourth-order valence-corrected chi connectivity index (χ4v) is 4.71. The maximum atomic E-state index is 12.2. The van der Waals surface area contributed by atoms with Gasteiger partial charge < -0.3 is 14.8 Å². The minimum atomic E-state index is -3.91. The molecule has 0 fully saturated rings. The smallest absolute Gasteiger partial charge is 0.341 e. The van der Waals surface area contributed by atoms with E-state index in [1.54, 1.807) is 32.0 Å². The second-order valence-corrected chi connectivity index (χ2v) is 9.23. The maximum Gasteiger partial charge on any atom is 0.341 e. The molecule has 1 amide bonds. The Labute approximate surface area is 178 Å². The minimum absolute atomic E-state index is 0.00108. The molecule has 0 spiro atoms. The highest BCUT2D eigenvalue weighted by atomic mass is 32.2. The van der Waals surface area contributed by atoms with Gasteiger partial charge in [0.05, 0.1) is 17.6 Å². The molecular formula is C19H22N2O7S2. The van der Waals surface area contributed by atoms with Crippen molar-refractivity contribution in [2.75, 3.05) is 19.0 Å². The van der Waals surface area contributed by atoms with E-state index in [-0.39, 0.29) is 15.5 Å². The average Bonchev–Trinajstić information content (AvgIpc) is 2.99. The Balaban J connectivity index is 1.96. The van der Waals surface area contributed by atoms with Crippen LogP contribution < -0.4 is 10.0 Å². The normalized spacial score (nSPS) is 12.1. The molecule has 0 aliphatic carbocycles. The van der Waals surface area contributed by atoms with Gasteiger partial charge in [-0.3, -0.25) is 9.59 Å². The summed E-state index contributed by atoms with van der Waals surface area (Å²) in [5.74, 6) is -2.18. The van der Waals surface area contributed by atoms with E-state index in [1.807, 2.05) is 0 Å². The molecule has 1 atom stereocenters. The summed E-state index contributed by atoms with van der Waals surface area (Å²) in [6, 6.07) is 6.34. The predicted molar refractivity (Wildman–Crippen MR) is 111 cm³/mol. The Bertz CT molecular complexity index is 1050. The zero-order valence-corrected chi connectivity index (χ0v) is 18.5. The van der Waals surface area contributed by atoms with Crippen molar-refractivity contribution >= 4 is 44.2 Å². The molecule has 11 heteroatoms. The van der Waals surface area contributed by atoms with Crippen molar-refractivity contribution < 1.29 is 32.3 Å². The van der Waals surface area contributed by atoms with Crippen molar-refractivity contribution in [3.63, 3.8) is 0 Å². The third-order valence-electron chi connectivity index (χ3n) is 4.11. The largest absolute Gasteiger partial charge is 0.465 e. The lowest BCUT2D eigenvalue weighted by atomic mass is 10.1. The summed E-state index contributed by atoms with van der Waals surface area (Å²) in [7, 11) is -2.68. The van der Waals surface area contributed by atoms with Crippen LogP contribution in [0.5, 0.6) is 0 Å². The second-order valence-electron chi connectivity index (χ2n) is 6.29. The van der Waals surface area contributed by atoms with Crippen LogP contribution in [-0.2, 0) is 29.1 Å². The summed E-state index contributed by atoms with van der Waals surface area (Å²) in [4.78, 5) is 37.0. The van der Waals surface area contributed by atoms with Crippen LogP contribution in [0.25, 0.3) is 0 Å². The second kappa shape index (κ2) is 9.83. The Morgan fingerprint density at radius 2 is 1.77 bits per heavy atom. The van der Waals surface area contributed by atoms with E-state index in [0.717, 1.165) is 4.88 Å². The van der Waals surface area contributed by atoms with Crippen LogP contribution in [0.3, 0.4) is 0 Å². The number of carbonyl (C=O) groups excluding carboxylic acids is 3. The van der Waals surface area contributed by atoms with Gasteiger partial charge in [-0.05, 0) is 38.5 Å². The van der Waals surface area contributed by atoms with Gasteiger partial charge in [-0.25, -0.2) is 13.2 Å². The van der Waals surface area contributed by atoms with Crippen molar-refractivity contribution in [1.82, 2.24) is 4.72 Å². The molecule has 0 bridgehead atoms. The molecule has 0 radical (unpaired) electrons. The summed E-state index contributed by atoms with van der Waals surface area (Å²) in [5.41, 5.74) is 0.923. The number of carbonyl (C=O) groups is 3. The van der Waals surface area contributed by atoms with Crippen molar-refractivity contribution in [2.45, 2.75) is 31.7 Å². The number of sulfonamides is 1. The van der Waals surface area contributed by atoms with Gasteiger partial charge >= 0.3 is 11.9 Å². The number of aryl methyl sites for hydroxylation is 1. The fraction of sp³-hybridized carbons (Fsp3) is 0.316. The number of anilines is 1. The zero-order chi connectivity index (χ0) is 22.5. The highest BCUT2D eigenvalue weighted by Crippen LogP contribution is 2.32. The van der Waals surface area contributed by atoms with Gasteiger partial charge in [0, 0.05) is 4.88 Å². The van der Waals surface area contributed by atoms with E-state index < -0.39 is 40.5 Å². The molecule has 0 aliphatic heterocycles. The van der Waals surface area contributed by atoms with Crippen LogP contribution in [0.1, 0.15) is 27.7 Å². The molecule has 9 nitrogen and oxygen atoms in total. The van der Waals surface area contributed by atoms with Gasteiger partial charge in [-0.1, -0.05) is 18.2 Å². The Morgan fingerprint density at radius 1 is 1.13 bits per heavy atom. The van der Waals surface area contributed by atoms with Crippen molar-refractivity contribution in [1.29, 1.82) is 0 Å². The summed E-state index contributed by atoms with van der Waals surface area (Å²) < 4.78 is 36.3. The lowest BCUT2D eigenvalue weighted by Gasteiger charge is -2.13. The lowest BCUT2D eigenvalue weighted by molar-refractivity contribution is -0.148. The monoisotopic (exact) mass is 454 g/mol. The Hall–Kier alpha value is -2.76. The Morgan fingerprint density at radius 3 is 2.37 bits per heavy atom.